The highest BCUT2D eigenvalue weighted by Gasteiger charge is 2.14. The minimum absolute atomic E-state index is 0.164. The van der Waals surface area contributed by atoms with E-state index in [1.54, 1.807) is 18.2 Å². The molecule has 0 radical (unpaired) electrons. The largest absolute Gasteiger partial charge is 0.475 e. The third kappa shape index (κ3) is 1.90. The molecule has 2 aromatic rings. The molecule has 82 valence electrons. The van der Waals surface area contributed by atoms with Gasteiger partial charge in [0, 0.05) is 10.6 Å². The lowest BCUT2D eigenvalue weighted by Gasteiger charge is -1.98. The van der Waals surface area contributed by atoms with Crippen LogP contribution in [0.5, 0.6) is 0 Å². The van der Waals surface area contributed by atoms with Crippen molar-refractivity contribution < 1.29 is 14.4 Å². The molecule has 2 rings (SSSR count). The normalized spacial score (nSPS) is 10.4. The van der Waals surface area contributed by atoms with Crippen molar-refractivity contribution in [1.82, 2.24) is 10.1 Å². The second kappa shape index (κ2) is 3.94. The number of carboxylic acid groups (broad SMARTS) is 1. The number of carboxylic acids is 1. The number of benzene rings is 1. The molecule has 1 N–H and O–H groups in total. The smallest absolute Gasteiger partial charge is 0.377 e. The zero-order valence-corrected chi connectivity index (χ0v) is 9.02. The monoisotopic (exact) mass is 238 g/mol. The molecule has 0 aliphatic heterocycles. The lowest BCUT2D eigenvalue weighted by Crippen LogP contribution is -1.98. The van der Waals surface area contributed by atoms with Crippen LogP contribution in [0.2, 0.25) is 5.02 Å². The van der Waals surface area contributed by atoms with E-state index in [1.807, 2.05) is 6.92 Å². The molecule has 6 heteroatoms. The van der Waals surface area contributed by atoms with Crippen molar-refractivity contribution in [3.63, 3.8) is 0 Å². The first-order chi connectivity index (χ1) is 7.58. The number of nitrogens with zero attached hydrogens (tertiary/aromatic N) is 2. The molecule has 0 unspecified atom stereocenters. The van der Waals surface area contributed by atoms with E-state index in [0.717, 1.165) is 5.56 Å². The second-order valence-electron chi connectivity index (χ2n) is 3.19. The highest BCUT2D eigenvalue weighted by molar-refractivity contribution is 6.31. The molecule has 0 saturated heterocycles. The van der Waals surface area contributed by atoms with Crippen molar-refractivity contribution in [2.45, 2.75) is 6.92 Å². The molecule has 0 saturated carbocycles. The van der Waals surface area contributed by atoms with Crippen LogP contribution in [0.15, 0.2) is 22.7 Å². The third-order valence-electron chi connectivity index (χ3n) is 2.02. The number of hydrogen-bond acceptors (Lipinski definition) is 4. The highest BCUT2D eigenvalue weighted by Crippen LogP contribution is 2.23. The molecule has 16 heavy (non-hydrogen) atoms. The Hall–Kier alpha value is -1.88. The zero-order chi connectivity index (χ0) is 11.7. The standard InChI is InChI=1S/C10H7ClN2O3/c1-5-4-6(2-3-7(5)11)9-12-8(10(14)15)13-16-9/h2-4H,1H3,(H,14,15). The van der Waals surface area contributed by atoms with Crippen LogP contribution in [0.25, 0.3) is 11.5 Å². The molecule has 1 heterocycles. The Morgan fingerprint density at radius 3 is 2.81 bits per heavy atom. The molecule has 1 aromatic carbocycles. The Kier molecular flexibility index (Phi) is 2.62. The first-order valence-corrected chi connectivity index (χ1v) is 4.79. The average Bonchev–Trinajstić information content (AvgIpc) is 2.71. The van der Waals surface area contributed by atoms with E-state index in [9.17, 15) is 4.79 Å². The Bertz CT molecular complexity index is 551. The fraction of sp³-hybridized carbons (Fsp3) is 0.100. The summed E-state index contributed by atoms with van der Waals surface area (Å²) in [7, 11) is 0. The van der Waals surface area contributed by atoms with E-state index >= 15 is 0 Å². The minimum atomic E-state index is -1.22. The Labute approximate surface area is 95.7 Å². The van der Waals surface area contributed by atoms with E-state index in [2.05, 4.69) is 10.1 Å². The predicted molar refractivity (Wildman–Crippen MR) is 56.4 cm³/mol. The van der Waals surface area contributed by atoms with Crippen LogP contribution in [0, 0.1) is 6.92 Å². The minimum Gasteiger partial charge on any atom is -0.475 e. The van der Waals surface area contributed by atoms with Gasteiger partial charge in [-0.2, -0.15) is 4.98 Å². The zero-order valence-electron chi connectivity index (χ0n) is 8.27. The summed E-state index contributed by atoms with van der Waals surface area (Å²) in [6, 6.07) is 5.13. The molecule has 0 spiro atoms. The highest BCUT2D eigenvalue weighted by atomic mass is 35.5. The number of aromatic nitrogens is 2. The SMILES string of the molecule is Cc1cc(-c2nc(C(=O)O)no2)ccc1Cl. The Balaban J connectivity index is 2.42. The predicted octanol–water partition coefficient (Wildman–Crippen LogP) is 2.40. The van der Waals surface area contributed by atoms with Crippen LogP contribution in [-0.2, 0) is 0 Å². The summed E-state index contributed by atoms with van der Waals surface area (Å²) in [6.45, 7) is 1.83. The van der Waals surface area contributed by atoms with E-state index in [4.69, 9.17) is 21.2 Å². The van der Waals surface area contributed by atoms with Crippen LogP contribution in [0.3, 0.4) is 0 Å². The van der Waals surface area contributed by atoms with E-state index in [0.29, 0.717) is 10.6 Å². The van der Waals surface area contributed by atoms with Crippen LogP contribution in [-0.4, -0.2) is 21.2 Å². The van der Waals surface area contributed by atoms with Crippen molar-refractivity contribution in [2.75, 3.05) is 0 Å². The van der Waals surface area contributed by atoms with Gasteiger partial charge in [0.15, 0.2) is 0 Å². The van der Waals surface area contributed by atoms with Crippen LogP contribution in [0.1, 0.15) is 16.2 Å². The average molecular weight is 239 g/mol. The van der Waals surface area contributed by atoms with Gasteiger partial charge in [0.1, 0.15) is 0 Å². The van der Waals surface area contributed by atoms with Crippen molar-refractivity contribution in [3.05, 3.63) is 34.6 Å². The number of hydrogen-bond donors (Lipinski definition) is 1. The number of aryl methyl sites for hydroxylation is 1. The number of aromatic carboxylic acids is 1. The van der Waals surface area contributed by atoms with Crippen molar-refractivity contribution >= 4 is 17.6 Å². The summed E-state index contributed by atoms with van der Waals surface area (Å²) in [6.07, 6.45) is 0. The summed E-state index contributed by atoms with van der Waals surface area (Å²) in [5.74, 6) is -1.42. The second-order valence-corrected chi connectivity index (χ2v) is 3.60. The summed E-state index contributed by atoms with van der Waals surface area (Å²) in [5, 5.41) is 12.6. The van der Waals surface area contributed by atoms with Gasteiger partial charge in [0.05, 0.1) is 0 Å². The Morgan fingerprint density at radius 2 is 2.25 bits per heavy atom. The topological polar surface area (TPSA) is 76.2 Å². The first kappa shape index (κ1) is 10.6. The summed E-state index contributed by atoms with van der Waals surface area (Å²) in [5.41, 5.74) is 1.50. The lowest BCUT2D eigenvalue weighted by atomic mass is 10.1. The molecule has 0 bridgehead atoms. The van der Waals surface area contributed by atoms with Crippen molar-refractivity contribution in [1.29, 1.82) is 0 Å². The van der Waals surface area contributed by atoms with Gasteiger partial charge in [-0.1, -0.05) is 11.6 Å². The number of carbonyl (C=O) groups is 1. The quantitative estimate of drug-likeness (QED) is 0.869. The van der Waals surface area contributed by atoms with Gasteiger partial charge >= 0.3 is 5.97 Å². The lowest BCUT2D eigenvalue weighted by molar-refractivity contribution is 0.0680. The van der Waals surface area contributed by atoms with Gasteiger partial charge in [-0.25, -0.2) is 4.79 Å². The molecule has 1 aromatic heterocycles. The maximum Gasteiger partial charge on any atom is 0.377 e. The van der Waals surface area contributed by atoms with Crippen LogP contribution in [0.4, 0.5) is 0 Å². The molecule has 0 fully saturated rings. The van der Waals surface area contributed by atoms with Gasteiger partial charge in [-0.15, -0.1) is 0 Å². The van der Waals surface area contributed by atoms with Gasteiger partial charge in [-0.05, 0) is 35.8 Å². The van der Waals surface area contributed by atoms with Gasteiger partial charge in [0.25, 0.3) is 11.7 Å². The summed E-state index contributed by atoms with van der Waals surface area (Å²) < 4.78 is 4.82. The molecule has 0 amide bonds. The van der Waals surface area contributed by atoms with Gasteiger partial charge < -0.3 is 9.63 Å². The molecule has 0 aliphatic carbocycles. The van der Waals surface area contributed by atoms with Crippen molar-refractivity contribution in [2.24, 2.45) is 0 Å². The maximum atomic E-state index is 10.6. The molecule has 0 atom stereocenters. The maximum absolute atomic E-state index is 10.6. The number of rotatable bonds is 2. The number of halogens is 1. The fourth-order valence-corrected chi connectivity index (χ4v) is 1.32. The van der Waals surface area contributed by atoms with Crippen LogP contribution >= 0.6 is 11.6 Å². The first-order valence-electron chi connectivity index (χ1n) is 4.41. The van der Waals surface area contributed by atoms with Crippen LogP contribution < -0.4 is 0 Å². The fourth-order valence-electron chi connectivity index (χ4n) is 1.21. The van der Waals surface area contributed by atoms with Gasteiger partial charge in [-0.3, -0.25) is 0 Å². The van der Waals surface area contributed by atoms with Gasteiger partial charge in [0.2, 0.25) is 0 Å². The molecular weight excluding hydrogens is 232 g/mol. The van der Waals surface area contributed by atoms with E-state index in [1.165, 1.54) is 0 Å². The van der Waals surface area contributed by atoms with E-state index in [-0.39, 0.29) is 11.7 Å². The molecular formula is C10H7ClN2O3. The molecule has 0 aliphatic rings. The van der Waals surface area contributed by atoms with E-state index < -0.39 is 5.97 Å². The van der Waals surface area contributed by atoms with Crippen molar-refractivity contribution in [3.8, 4) is 11.5 Å². The summed E-state index contributed by atoms with van der Waals surface area (Å²) >= 11 is 5.86. The Morgan fingerprint density at radius 1 is 1.50 bits per heavy atom. The third-order valence-corrected chi connectivity index (χ3v) is 2.45. The molecule has 5 nitrogen and oxygen atoms in total. The summed E-state index contributed by atoms with van der Waals surface area (Å²) in [4.78, 5) is 14.3.